The molecule has 2 N–H and O–H groups in total. The normalized spacial score (nSPS) is 16.9. The van der Waals surface area contributed by atoms with Crippen LogP contribution in [0.25, 0.3) is 5.69 Å². The lowest BCUT2D eigenvalue weighted by Gasteiger charge is -2.35. The molecule has 0 saturated carbocycles. The molecule has 27 heavy (non-hydrogen) atoms. The number of amides is 1. The van der Waals surface area contributed by atoms with Gasteiger partial charge in [-0.1, -0.05) is 23.4 Å². The van der Waals surface area contributed by atoms with Crippen molar-refractivity contribution >= 4 is 5.91 Å². The van der Waals surface area contributed by atoms with Crippen molar-refractivity contribution in [2.45, 2.75) is 19.1 Å². The number of halogens is 3. The summed E-state index contributed by atoms with van der Waals surface area (Å²) < 4.78 is 41.7. The smallest absolute Gasteiger partial charge is 0.349 e. The van der Waals surface area contributed by atoms with Crippen molar-refractivity contribution in [1.29, 1.82) is 0 Å². The van der Waals surface area contributed by atoms with E-state index in [4.69, 9.17) is 0 Å². The fourth-order valence-corrected chi connectivity index (χ4v) is 3.07. The summed E-state index contributed by atoms with van der Waals surface area (Å²) in [5.41, 5.74) is 1.19. The van der Waals surface area contributed by atoms with E-state index in [-0.39, 0.29) is 18.8 Å². The number of para-hydroxylation sites is 1. The van der Waals surface area contributed by atoms with Gasteiger partial charge in [-0.3, -0.25) is 9.69 Å². The Bertz CT molecular complexity index is 771. The van der Waals surface area contributed by atoms with Gasteiger partial charge in [0.2, 0.25) is 0 Å². The third-order valence-electron chi connectivity index (χ3n) is 4.54. The van der Waals surface area contributed by atoms with Crippen LogP contribution in [0, 0.1) is 6.92 Å². The SMILES string of the molecule is Cc1c(C(=O)NCC(N2CCNCC2)C(F)(F)F)nnn1-c1ccccc1. The van der Waals surface area contributed by atoms with Gasteiger partial charge in [0, 0.05) is 32.7 Å². The zero-order valence-corrected chi connectivity index (χ0v) is 14.8. The first-order valence-electron chi connectivity index (χ1n) is 8.65. The minimum Gasteiger partial charge on any atom is -0.349 e. The van der Waals surface area contributed by atoms with Crippen LogP contribution in [-0.2, 0) is 0 Å². The Morgan fingerprint density at radius 1 is 1.26 bits per heavy atom. The fourth-order valence-electron chi connectivity index (χ4n) is 3.07. The topological polar surface area (TPSA) is 75.1 Å². The molecule has 2 aromatic rings. The summed E-state index contributed by atoms with van der Waals surface area (Å²) in [4.78, 5) is 13.7. The maximum Gasteiger partial charge on any atom is 0.405 e. The van der Waals surface area contributed by atoms with E-state index >= 15 is 0 Å². The predicted octanol–water partition coefficient (Wildman–Crippen LogP) is 1.14. The van der Waals surface area contributed by atoms with E-state index in [9.17, 15) is 18.0 Å². The maximum absolute atomic E-state index is 13.4. The third kappa shape index (κ3) is 4.45. The van der Waals surface area contributed by atoms with Gasteiger partial charge in [-0.25, -0.2) is 4.68 Å². The van der Waals surface area contributed by atoms with Gasteiger partial charge in [0.25, 0.3) is 5.91 Å². The Balaban J connectivity index is 1.70. The number of benzene rings is 1. The molecule has 1 fully saturated rings. The molecular weight excluding hydrogens is 361 g/mol. The van der Waals surface area contributed by atoms with Crippen LogP contribution in [0.2, 0.25) is 0 Å². The predicted molar refractivity (Wildman–Crippen MR) is 92.7 cm³/mol. The highest BCUT2D eigenvalue weighted by Crippen LogP contribution is 2.25. The highest BCUT2D eigenvalue weighted by atomic mass is 19.4. The Morgan fingerprint density at radius 3 is 2.56 bits per heavy atom. The highest BCUT2D eigenvalue weighted by molar-refractivity contribution is 5.93. The lowest BCUT2D eigenvalue weighted by Crippen LogP contribution is -2.57. The third-order valence-corrected chi connectivity index (χ3v) is 4.54. The summed E-state index contributed by atoms with van der Waals surface area (Å²) in [7, 11) is 0. The minimum absolute atomic E-state index is 0.0140. The van der Waals surface area contributed by atoms with Gasteiger partial charge in [0.15, 0.2) is 5.69 Å². The van der Waals surface area contributed by atoms with Crippen LogP contribution in [0.3, 0.4) is 0 Å². The van der Waals surface area contributed by atoms with E-state index in [1.807, 2.05) is 18.2 Å². The number of hydrogen-bond donors (Lipinski definition) is 2. The van der Waals surface area contributed by atoms with E-state index in [1.165, 1.54) is 9.58 Å². The van der Waals surface area contributed by atoms with Crippen molar-refractivity contribution in [3.63, 3.8) is 0 Å². The van der Waals surface area contributed by atoms with Crippen molar-refractivity contribution in [3.8, 4) is 5.69 Å². The average molecular weight is 382 g/mol. The van der Waals surface area contributed by atoms with E-state index in [0.717, 1.165) is 5.69 Å². The molecule has 1 aromatic carbocycles. The number of carbonyl (C=O) groups excluding carboxylic acids is 1. The summed E-state index contributed by atoms with van der Waals surface area (Å²) in [6, 6.07) is 7.35. The number of alkyl halides is 3. The van der Waals surface area contributed by atoms with E-state index in [2.05, 4.69) is 20.9 Å². The van der Waals surface area contributed by atoms with Crippen molar-refractivity contribution < 1.29 is 18.0 Å². The molecule has 2 heterocycles. The number of hydrogen-bond acceptors (Lipinski definition) is 5. The molecule has 0 bridgehead atoms. The summed E-state index contributed by atoms with van der Waals surface area (Å²) >= 11 is 0. The standard InChI is InChI=1S/C17H21F3N6O/c1-12-15(23-24-26(12)13-5-3-2-4-6-13)16(27)22-11-14(17(18,19)20)25-9-7-21-8-10-25/h2-6,14,21H,7-11H2,1H3,(H,22,27). The van der Waals surface area contributed by atoms with Crippen LogP contribution >= 0.6 is 0 Å². The van der Waals surface area contributed by atoms with Gasteiger partial charge in [0.05, 0.1) is 11.4 Å². The van der Waals surface area contributed by atoms with Gasteiger partial charge >= 0.3 is 6.18 Å². The average Bonchev–Trinajstić information content (AvgIpc) is 3.04. The Labute approximate surface area is 154 Å². The molecule has 0 aliphatic carbocycles. The molecule has 0 radical (unpaired) electrons. The molecule has 3 rings (SSSR count). The van der Waals surface area contributed by atoms with Crippen LogP contribution in [0.5, 0.6) is 0 Å². The molecule has 10 heteroatoms. The van der Waals surface area contributed by atoms with Crippen molar-refractivity contribution in [3.05, 3.63) is 41.7 Å². The molecule has 1 aliphatic rings. The fraction of sp³-hybridized carbons (Fsp3) is 0.471. The number of nitrogens with zero attached hydrogens (tertiary/aromatic N) is 4. The van der Waals surface area contributed by atoms with Crippen LogP contribution in [0.1, 0.15) is 16.2 Å². The molecule has 1 aromatic heterocycles. The van der Waals surface area contributed by atoms with Crippen molar-refractivity contribution in [1.82, 2.24) is 30.5 Å². The molecule has 7 nitrogen and oxygen atoms in total. The van der Waals surface area contributed by atoms with Crippen molar-refractivity contribution in [2.24, 2.45) is 0 Å². The quantitative estimate of drug-likeness (QED) is 0.811. The lowest BCUT2D eigenvalue weighted by molar-refractivity contribution is -0.183. The first-order chi connectivity index (χ1) is 12.9. The first kappa shape index (κ1) is 19.3. The summed E-state index contributed by atoms with van der Waals surface area (Å²) in [5.74, 6) is -0.668. The Hall–Kier alpha value is -2.46. The van der Waals surface area contributed by atoms with E-state index in [0.29, 0.717) is 18.8 Å². The second-order valence-corrected chi connectivity index (χ2v) is 6.32. The number of rotatable bonds is 5. The van der Waals surface area contributed by atoms with E-state index in [1.54, 1.807) is 19.1 Å². The Morgan fingerprint density at radius 2 is 1.93 bits per heavy atom. The maximum atomic E-state index is 13.4. The van der Waals surface area contributed by atoms with Gasteiger partial charge in [-0.2, -0.15) is 13.2 Å². The molecule has 146 valence electrons. The molecule has 1 atom stereocenters. The lowest BCUT2D eigenvalue weighted by atomic mass is 10.2. The summed E-state index contributed by atoms with van der Waals surface area (Å²) in [6.45, 7) is 2.67. The molecule has 0 spiro atoms. The first-order valence-corrected chi connectivity index (χ1v) is 8.65. The number of carbonyl (C=O) groups is 1. The zero-order valence-electron chi connectivity index (χ0n) is 14.8. The molecular formula is C17H21F3N6O. The largest absolute Gasteiger partial charge is 0.405 e. The van der Waals surface area contributed by atoms with Gasteiger partial charge in [-0.05, 0) is 19.1 Å². The molecule has 1 aliphatic heterocycles. The highest BCUT2D eigenvalue weighted by Gasteiger charge is 2.44. The summed E-state index contributed by atoms with van der Waals surface area (Å²) in [5, 5.41) is 13.2. The molecule has 1 unspecified atom stereocenters. The van der Waals surface area contributed by atoms with Gasteiger partial charge in [0.1, 0.15) is 6.04 Å². The minimum atomic E-state index is -4.43. The Kier molecular flexibility index (Phi) is 5.76. The second-order valence-electron chi connectivity index (χ2n) is 6.32. The zero-order chi connectivity index (χ0) is 19.4. The van der Waals surface area contributed by atoms with Crippen LogP contribution < -0.4 is 10.6 Å². The van der Waals surface area contributed by atoms with Gasteiger partial charge in [-0.15, -0.1) is 5.10 Å². The van der Waals surface area contributed by atoms with Crippen LogP contribution in [-0.4, -0.2) is 70.7 Å². The summed E-state index contributed by atoms with van der Waals surface area (Å²) in [6.07, 6.45) is -4.43. The van der Waals surface area contributed by atoms with Crippen LogP contribution in [0.15, 0.2) is 30.3 Å². The number of piperazine rings is 1. The second kappa shape index (κ2) is 8.05. The van der Waals surface area contributed by atoms with E-state index < -0.39 is 24.7 Å². The number of nitrogens with one attached hydrogen (secondary N) is 2. The van der Waals surface area contributed by atoms with Gasteiger partial charge < -0.3 is 10.6 Å². The monoisotopic (exact) mass is 382 g/mol. The van der Waals surface area contributed by atoms with Crippen molar-refractivity contribution in [2.75, 3.05) is 32.7 Å². The number of aromatic nitrogens is 3. The molecule has 1 saturated heterocycles. The van der Waals surface area contributed by atoms with Crippen LogP contribution in [0.4, 0.5) is 13.2 Å². The molecule has 1 amide bonds.